The maximum absolute atomic E-state index is 11.7. The van der Waals surface area contributed by atoms with E-state index < -0.39 is 5.91 Å². The SMILES string of the molecule is O=C(Nc1ccc[nH]c1=O)c1cc[n+]([O-])cc1. The number of aromatic nitrogens is 2. The van der Waals surface area contributed by atoms with E-state index in [4.69, 9.17) is 0 Å². The normalized spacial score (nSPS) is 9.88. The van der Waals surface area contributed by atoms with E-state index in [1.807, 2.05) is 0 Å². The summed E-state index contributed by atoms with van der Waals surface area (Å²) < 4.78 is 0.575. The number of nitrogens with one attached hydrogen (secondary N) is 2. The van der Waals surface area contributed by atoms with Gasteiger partial charge >= 0.3 is 0 Å². The maximum Gasteiger partial charge on any atom is 0.271 e. The van der Waals surface area contributed by atoms with Gasteiger partial charge < -0.3 is 15.5 Å². The lowest BCUT2D eigenvalue weighted by Gasteiger charge is -2.03. The molecule has 0 fully saturated rings. The Morgan fingerprint density at radius 3 is 2.65 bits per heavy atom. The van der Waals surface area contributed by atoms with Crippen molar-refractivity contribution in [2.45, 2.75) is 0 Å². The van der Waals surface area contributed by atoms with Crippen molar-refractivity contribution in [3.8, 4) is 0 Å². The molecular formula is C11H9N3O3. The third-order valence-corrected chi connectivity index (χ3v) is 2.13. The van der Waals surface area contributed by atoms with Crippen LogP contribution in [0.5, 0.6) is 0 Å². The summed E-state index contributed by atoms with van der Waals surface area (Å²) in [5, 5.41) is 13.2. The number of nitrogens with zero attached hydrogens (tertiary/aromatic N) is 1. The Balaban J connectivity index is 2.20. The van der Waals surface area contributed by atoms with Crippen LogP contribution in [-0.4, -0.2) is 10.9 Å². The molecule has 0 unspecified atom stereocenters. The van der Waals surface area contributed by atoms with E-state index in [1.165, 1.54) is 36.8 Å². The summed E-state index contributed by atoms with van der Waals surface area (Å²) in [5.74, 6) is -0.442. The summed E-state index contributed by atoms with van der Waals surface area (Å²) in [5.41, 5.74) is 0.0902. The summed E-state index contributed by atoms with van der Waals surface area (Å²) in [6.45, 7) is 0. The summed E-state index contributed by atoms with van der Waals surface area (Å²) in [4.78, 5) is 25.5. The van der Waals surface area contributed by atoms with Crippen LogP contribution in [0.4, 0.5) is 5.69 Å². The zero-order valence-corrected chi connectivity index (χ0v) is 8.71. The number of rotatable bonds is 2. The lowest BCUT2D eigenvalue weighted by molar-refractivity contribution is -0.605. The van der Waals surface area contributed by atoms with Crippen LogP contribution in [0.2, 0.25) is 0 Å². The standard InChI is InChI=1S/C11H9N3O3/c15-10(8-3-6-14(17)7-4-8)13-9-2-1-5-12-11(9)16/h1-7H,(H,12,16)(H,13,15). The van der Waals surface area contributed by atoms with Gasteiger partial charge in [-0.1, -0.05) is 0 Å². The number of hydrogen-bond acceptors (Lipinski definition) is 3. The van der Waals surface area contributed by atoms with E-state index in [0.717, 1.165) is 0 Å². The number of hydrogen-bond donors (Lipinski definition) is 2. The first-order valence-electron chi connectivity index (χ1n) is 4.85. The Morgan fingerprint density at radius 2 is 2.00 bits per heavy atom. The second-order valence-electron chi connectivity index (χ2n) is 3.31. The van der Waals surface area contributed by atoms with Gasteiger partial charge in [0.15, 0.2) is 12.4 Å². The molecule has 6 heteroatoms. The number of H-pyrrole nitrogens is 1. The number of aromatic amines is 1. The predicted octanol–water partition coefficient (Wildman–Crippen LogP) is 0.261. The third kappa shape index (κ3) is 2.49. The van der Waals surface area contributed by atoms with Gasteiger partial charge in [0, 0.05) is 18.3 Å². The molecule has 0 saturated heterocycles. The van der Waals surface area contributed by atoms with E-state index >= 15 is 0 Å². The molecule has 0 saturated carbocycles. The van der Waals surface area contributed by atoms with Crippen molar-refractivity contribution in [3.63, 3.8) is 0 Å². The highest BCUT2D eigenvalue weighted by Crippen LogP contribution is 2.02. The lowest BCUT2D eigenvalue weighted by Crippen LogP contribution is -2.25. The molecule has 17 heavy (non-hydrogen) atoms. The third-order valence-electron chi connectivity index (χ3n) is 2.13. The van der Waals surface area contributed by atoms with Crippen LogP contribution in [0.3, 0.4) is 0 Å². The fourth-order valence-corrected chi connectivity index (χ4v) is 1.28. The molecule has 0 radical (unpaired) electrons. The summed E-state index contributed by atoms with van der Waals surface area (Å²) in [6.07, 6.45) is 3.90. The van der Waals surface area contributed by atoms with Crippen LogP contribution in [0.15, 0.2) is 47.7 Å². The van der Waals surface area contributed by atoms with E-state index in [0.29, 0.717) is 10.3 Å². The topological polar surface area (TPSA) is 88.9 Å². The molecule has 0 aromatic carbocycles. The van der Waals surface area contributed by atoms with Gasteiger partial charge in [-0.05, 0) is 12.1 Å². The van der Waals surface area contributed by atoms with Crippen molar-refractivity contribution in [2.75, 3.05) is 5.32 Å². The molecule has 2 rings (SSSR count). The first kappa shape index (κ1) is 10.9. The van der Waals surface area contributed by atoms with Gasteiger partial charge in [-0.3, -0.25) is 9.59 Å². The zero-order chi connectivity index (χ0) is 12.3. The Labute approximate surface area is 96.1 Å². The Bertz CT molecular complexity index is 589. The van der Waals surface area contributed by atoms with Crippen LogP contribution < -0.4 is 15.6 Å². The average molecular weight is 231 g/mol. The number of anilines is 1. The van der Waals surface area contributed by atoms with Crippen molar-refractivity contribution >= 4 is 11.6 Å². The van der Waals surface area contributed by atoms with Crippen LogP contribution >= 0.6 is 0 Å². The molecule has 0 spiro atoms. The second-order valence-corrected chi connectivity index (χ2v) is 3.31. The molecule has 2 N–H and O–H groups in total. The van der Waals surface area contributed by atoms with Gasteiger partial charge in [-0.25, -0.2) is 0 Å². The van der Waals surface area contributed by atoms with Crippen molar-refractivity contribution in [2.24, 2.45) is 0 Å². The Kier molecular flexibility index (Phi) is 2.87. The molecule has 2 aromatic heterocycles. The van der Waals surface area contributed by atoms with E-state index in [1.54, 1.807) is 6.07 Å². The minimum Gasteiger partial charge on any atom is -0.619 e. The molecule has 0 aliphatic rings. The number of carbonyl (C=O) groups is 1. The molecule has 0 atom stereocenters. The molecule has 2 heterocycles. The molecule has 6 nitrogen and oxygen atoms in total. The van der Waals surface area contributed by atoms with Crippen LogP contribution in [0.25, 0.3) is 0 Å². The molecule has 2 aromatic rings. The first-order chi connectivity index (χ1) is 8.16. The first-order valence-corrected chi connectivity index (χ1v) is 4.85. The second kappa shape index (κ2) is 4.48. The van der Waals surface area contributed by atoms with Crippen LogP contribution in [0.1, 0.15) is 10.4 Å². The quantitative estimate of drug-likeness (QED) is 0.574. The molecule has 0 bridgehead atoms. The van der Waals surface area contributed by atoms with Gasteiger partial charge in [-0.2, -0.15) is 4.73 Å². The average Bonchev–Trinajstić information content (AvgIpc) is 2.33. The molecule has 1 amide bonds. The number of amides is 1. The van der Waals surface area contributed by atoms with Gasteiger partial charge in [0.2, 0.25) is 0 Å². The fraction of sp³-hybridized carbons (Fsp3) is 0. The van der Waals surface area contributed by atoms with E-state index in [2.05, 4.69) is 10.3 Å². The lowest BCUT2D eigenvalue weighted by atomic mass is 10.2. The predicted molar refractivity (Wildman–Crippen MR) is 60.4 cm³/mol. The Hall–Kier alpha value is -2.63. The smallest absolute Gasteiger partial charge is 0.271 e. The highest BCUT2D eigenvalue weighted by atomic mass is 16.5. The minimum absolute atomic E-state index is 0.163. The molecule has 86 valence electrons. The van der Waals surface area contributed by atoms with Gasteiger partial charge in [0.25, 0.3) is 11.5 Å². The maximum atomic E-state index is 11.7. The monoisotopic (exact) mass is 231 g/mol. The van der Waals surface area contributed by atoms with Crippen molar-refractivity contribution in [1.82, 2.24) is 4.98 Å². The van der Waals surface area contributed by atoms with Gasteiger partial charge in [0.1, 0.15) is 5.69 Å². The van der Waals surface area contributed by atoms with Crippen LogP contribution in [-0.2, 0) is 0 Å². The van der Waals surface area contributed by atoms with Crippen molar-refractivity contribution in [1.29, 1.82) is 0 Å². The summed E-state index contributed by atoms with van der Waals surface area (Å²) in [6, 6.07) is 5.85. The van der Waals surface area contributed by atoms with E-state index in [9.17, 15) is 14.8 Å². The fourth-order valence-electron chi connectivity index (χ4n) is 1.28. The largest absolute Gasteiger partial charge is 0.619 e. The number of pyridine rings is 2. The summed E-state index contributed by atoms with van der Waals surface area (Å²) >= 11 is 0. The van der Waals surface area contributed by atoms with Crippen LogP contribution in [0, 0.1) is 5.21 Å². The van der Waals surface area contributed by atoms with Gasteiger partial charge in [-0.15, -0.1) is 0 Å². The minimum atomic E-state index is -0.442. The highest BCUT2D eigenvalue weighted by Gasteiger charge is 2.08. The highest BCUT2D eigenvalue weighted by molar-refractivity contribution is 6.03. The van der Waals surface area contributed by atoms with Crippen molar-refractivity contribution in [3.05, 3.63) is 64.0 Å². The molecule has 0 aliphatic heterocycles. The summed E-state index contributed by atoms with van der Waals surface area (Å²) in [7, 11) is 0. The number of carbonyl (C=O) groups excluding carboxylic acids is 1. The zero-order valence-electron chi connectivity index (χ0n) is 8.71. The Morgan fingerprint density at radius 1 is 1.29 bits per heavy atom. The molecular weight excluding hydrogens is 222 g/mol. The van der Waals surface area contributed by atoms with Crippen molar-refractivity contribution < 1.29 is 9.52 Å². The van der Waals surface area contributed by atoms with Gasteiger partial charge in [0.05, 0.1) is 5.56 Å². The van der Waals surface area contributed by atoms with E-state index in [-0.39, 0.29) is 11.2 Å². The molecule has 0 aliphatic carbocycles.